The maximum atomic E-state index is 12.2. The minimum atomic E-state index is -0.599. The number of morpholine rings is 1. The minimum Gasteiger partial charge on any atom is -0.443 e. The van der Waals surface area contributed by atoms with Gasteiger partial charge in [0, 0.05) is 32.4 Å². The molecule has 0 atom stereocenters. The van der Waals surface area contributed by atoms with Crippen molar-refractivity contribution in [3.05, 3.63) is 66.4 Å². The summed E-state index contributed by atoms with van der Waals surface area (Å²) < 4.78 is 12.7. The van der Waals surface area contributed by atoms with Crippen molar-refractivity contribution in [1.29, 1.82) is 0 Å². The van der Waals surface area contributed by atoms with E-state index in [1.54, 1.807) is 6.20 Å². The first-order chi connectivity index (χ1) is 16.7. The average molecular weight is 460 g/mol. The molecule has 1 amide bonds. The molecule has 4 aromatic rings. The monoisotopic (exact) mass is 459 g/mol. The van der Waals surface area contributed by atoms with E-state index in [-0.39, 0.29) is 6.61 Å². The summed E-state index contributed by atoms with van der Waals surface area (Å²) >= 11 is 0. The number of aryl methyl sites for hydroxylation is 1. The van der Waals surface area contributed by atoms with Crippen molar-refractivity contribution < 1.29 is 14.3 Å². The molecule has 5 rings (SSSR count). The lowest BCUT2D eigenvalue weighted by molar-refractivity contribution is 0.123. The molecule has 0 spiro atoms. The number of pyridine rings is 2. The summed E-state index contributed by atoms with van der Waals surface area (Å²) in [4.78, 5) is 28.4. The molecule has 1 aliphatic rings. The van der Waals surface area contributed by atoms with Gasteiger partial charge in [-0.1, -0.05) is 36.4 Å². The van der Waals surface area contributed by atoms with Crippen molar-refractivity contribution in [1.82, 2.24) is 24.9 Å². The standard InChI is InChI=1S/C24H25N7O3/c1-30-22(18-9-5-6-10-25-18)27-21-19(31-11-13-33-14-12-31)15-20(26-23(21)30)28-29-24(32)34-16-17-7-3-2-4-8-17/h2-10,15H,11-14,16H2,1H3,(H,26,28)(H,29,32). The van der Waals surface area contributed by atoms with E-state index in [2.05, 4.69) is 20.7 Å². The Kier molecular flexibility index (Phi) is 6.21. The van der Waals surface area contributed by atoms with Crippen LogP contribution in [0.3, 0.4) is 0 Å². The number of hydrogen-bond donors (Lipinski definition) is 2. The molecule has 1 aromatic carbocycles. The summed E-state index contributed by atoms with van der Waals surface area (Å²) in [5, 5.41) is 0. The Bertz CT molecular complexity index is 1270. The molecular formula is C24H25N7O3. The molecule has 0 unspecified atom stereocenters. The third-order valence-corrected chi connectivity index (χ3v) is 5.56. The number of fused-ring (bicyclic) bond motifs is 1. The Morgan fingerprint density at radius 1 is 1.09 bits per heavy atom. The molecule has 10 nitrogen and oxygen atoms in total. The van der Waals surface area contributed by atoms with Gasteiger partial charge in [-0.05, 0) is 17.7 Å². The van der Waals surface area contributed by atoms with E-state index in [0.717, 1.165) is 35.6 Å². The number of carbonyl (C=O) groups is 1. The van der Waals surface area contributed by atoms with E-state index in [9.17, 15) is 4.79 Å². The highest BCUT2D eigenvalue weighted by atomic mass is 16.6. The van der Waals surface area contributed by atoms with Crippen LogP contribution < -0.4 is 15.8 Å². The summed E-state index contributed by atoms with van der Waals surface area (Å²) in [6.45, 7) is 2.92. The molecule has 10 heteroatoms. The van der Waals surface area contributed by atoms with Gasteiger partial charge in [-0.3, -0.25) is 10.4 Å². The summed E-state index contributed by atoms with van der Waals surface area (Å²) in [6, 6.07) is 17.1. The maximum Gasteiger partial charge on any atom is 0.426 e. The lowest BCUT2D eigenvalue weighted by atomic mass is 10.2. The summed E-state index contributed by atoms with van der Waals surface area (Å²) in [7, 11) is 1.90. The highest BCUT2D eigenvalue weighted by Crippen LogP contribution is 2.31. The predicted molar refractivity (Wildman–Crippen MR) is 128 cm³/mol. The first kappa shape index (κ1) is 21.7. The predicted octanol–water partition coefficient (Wildman–Crippen LogP) is 3.12. The van der Waals surface area contributed by atoms with Gasteiger partial charge < -0.3 is 18.9 Å². The number of hydrazine groups is 1. The quantitative estimate of drug-likeness (QED) is 0.424. The number of anilines is 2. The molecule has 34 heavy (non-hydrogen) atoms. The van der Waals surface area contributed by atoms with E-state index in [0.29, 0.717) is 30.5 Å². The van der Waals surface area contributed by atoms with Gasteiger partial charge in [-0.15, -0.1) is 0 Å². The fourth-order valence-corrected chi connectivity index (χ4v) is 3.84. The summed E-state index contributed by atoms with van der Waals surface area (Å²) in [5.41, 5.74) is 9.45. The van der Waals surface area contributed by atoms with Gasteiger partial charge in [0.25, 0.3) is 0 Å². The normalized spacial score (nSPS) is 13.6. The zero-order valence-corrected chi connectivity index (χ0v) is 18.8. The van der Waals surface area contributed by atoms with Crippen molar-refractivity contribution >= 4 is 28.8 Å². The van der Waals surface area contributed by atoms with Gasteiger partial charge in [0.2, 0.25) is 0 Å². The Morgan fingerprint density at radius 3 is 2.65 bits per heavy atom. The number of ether oxygens (including phenoxy) is 2. The van der Waals surface area contributed by atoms with Crippen LogP contribution in [0.25, 0.3) is 22.7 Å². The van der Waals surface area contributed by atoms with Crippen molar-refractivity contribution in [2.75, 3.05) is 36.6 Å². The largest absolute Gasteiger partial charge is 0.443 e. The van der Waals surface area contributed by atoms with Crippen LogP contribution in [0.2, 0.25) is 0 Å². The van der Waals surface area contributed by atoms with Gasteiger partial charge in [0.15, 0.2) is 11.5 Å². The lowest BCUT2D eigenvalue weighted by Crippen LogP contribution is -2.36. The number of nitrogens with one attached hydrogen (secondary N) is 2. The molecule has 0 radical (unpaired) electrons. The van der Waals surface area contributed by atoms with Crippen LogP contribution in [0.15, 0.2) is 60.8 Å². The van der Waals surface area contributed by atoms with Gasteiger partial charge >= 0.3 is 6.09 Å². The molecule has 1 saturated heterocycles. The Balaban J connectivity index is 1.41. The molecule has 3 aromatic heterocycles. The Hall–Kier alpha value is -4.18. The molecule has 4 heterocycles. The highest BCUT2D eigenvalue weighted by Gasteiger charge is 2.21. The van der Waals surface area contributed by atoms with E-state index < -0.39 is 6.09 Å². The second-order valence-corrected chi connectivity index (χ2v) is 7.82. The maximum absolute atomic E-state index is 12.2. The molecule has 2 N–H and O–H groups in total. The molecule has 174 valence electrons. The fourth-order valence-electron chi connectivity index (χ4n) is 3.84. The summed E-state index contributed by atoms with van der Waals surface area (Å²) in [6.07, 6.45) is 1.14. The van der Waals surface area contributed by atoms with E-state index in [1.165, 1.54) is 0 Å². The van der Waals surface area contributed by atoms with Gasteiger partial charge in [0.05, 0.1) is 18.9 Å². The molecular weight excluding hydrogens is 434 g/mol. The third kappa shape index (κ3) is 4.62. The second kappa shape index (κ2) is 9.75. The number of amides is 1. The van der Waals surface area contributed by atoms with Crippen LogP contribution in [-0.4, -0.2) is 51.9 Å². The SMILES string of the molecule is Cn1c(-c2ccccn2)nc2c(N3CCOCC3)cc(NNC(=O)OCc3ccccc3)nc21. The van der Waals surface area contributed by atoms with Crippen LogP contribution >= 0.6 is 0 Å². The number of carbonyl (C=O) groups excluding carboxylic acids is 1. The van der Waals surface area contributed by atoms with Gasteiger partial charge in [-0.2, -0.15) is 0 Å². The van der Waals surface area contributed by atoms with Gasteiger partial charge in [-0.25, -0.2) is 20.2 Å². The number of imidazole rings is 1. The summed E-state index contributed by atoms with van der Waals surface area (Å²) in [5.74, 6) is 1.19. The minimum absolute atomic E-state index is 0.176. The highest BCUT2D eigenvalue weighted by molar-refractivity contribution is 5.91. The first-order valence-corrected chi connectivity index (χ1v) is 11.0. The zero-order chi connectivity index (χ0) is 23.3. The van der Waals surface area contributed by atoms with E-state index in [1.807, 2.05) is 66.2 Å². The van der Waals surface area contributed by atoms with Crippen LogP contribution in [0.4, 0.5) is 16.3 Å². The first-order valence-electron chi connectivity index (χ1n) is 11.0. The molecule has 0 bridgehead atoms. The molecule has 1 fully saturated rings. The van der Waals surface area contributed by atoms with E-state index >= 15 is 0 Å². The number of hydrogen-bond acceptors (Lipinski definition) is 8. The molecule has 1 aliphatic heterocycles. The van der Waals surface area contributed by atoms with Crippen LogP contribution in [0, 0.1) is 0 Å². The number of aromatic nitrogens is 4. The van der Waals surface area contributed by atoms with Crippen molar-refractivity contribution in [2.24, 2.45) is 7.05 Å². The zero-order valence-electron chi connectivity index (χ0n) is 18.8. The van der Waals surface area contributed by atoms with Crippen molar-refractivity contribution in [3.8, 4) is 11.5 Å². The van der Waals surface area contributed by atoms with Crippen molar-refractivity contribution in [2.45, 2.75) is 6.61 Å². The van der Waals surface area contributed by atoms with Gasteiger partial charge in [0.1, 0.15) is 23.6 Å². The van der Waals surface area contributed by atoms with Crippen LogP contribution in [-0.2, 0) is 23.1 Å². The Morgan fingerprint density at radius 2 is 1.88 bits per heavy atom. The number of nitrogens with zero attached hydrogens (tertiary/aromatic N) is 5. The molecule has 0 aliphatic carbocycles. The number of benzene rings is 1. The molecule has 0 saturated carbocycles. The van der Waals surface area contributed by atoms with E-state index in [4.69, 9.17) is 19.4 Å². The van der Waals surface area contributed by atoms with Crippen LogP contribution in [0.1, 0.15) is 5.56 Å². The fraction of sp³-hybridized carbons (Fsp3) is 0.250. The topological polar surface area (TPSA) is 106 Å². The van der Waals surface area contributed by atoms with Crippen LogP contribution in [0.5, 0.6) is 0 Å². The second-order valence-electron chi connectivity index (χ2n) is 7.82. The third-order valence-electron chi connectivity index (χ3n) is 5.56. The lowest BCUT2D eigenvalue weighted by Gasteiger charge is -2.29. The Labute approximate surface area is 196 Å². The number of rotatable bonds is 6. The average Bonchev–Trinajstić information content (AvgIpc) is 3.23. The van der Waals surface area contributed by atoms with Crippen molar-refractivity contribution in [3.63, 3.8) is 0 Å². The smallest absolute Gasteiger partial charge is 0.426 e.